The Hall–Kier alpha value is -2.11. The van der Waals surface area contributed by atoms with E-state index in [1.54, 1.807) is 0 Å². The molecule has 0 aromatic heterocycles. The van der Waals surface area contributed by atoms with E-state index in [1.807, 2.05) is 42.5 Å². The molecular weight excluding hydrogens is 326 g/mol. The van der Waals surface area contributed by atoms with Crippen LogP contribution < -0.4 is 5.32 Å². The van der Waals surface area contributed by atoms with Gasteiger partial charge in [-0.05, 0) is 31.3 Å². The summed E-state index contributed by atoms with van der Waals surface area (Å²) < 4.78 is 5.40. The zero-order valence-electron chi connectivity index (χ0n) is 15.8. The van der Waals surface area contributed by atoms with Gasteiger partial charge in [-0.2, -0.15) is 0 Å². The Morgan fingerprint density at radius 2 is 1.96 bits per heavy atom. The van der Waals surface area contributed by atoms with Crippen molar-refractivity contribution in [2.75, 3.05) is 44.6 Å². The summed E-state index contributed by atoms with van der Waals surface area (Å²) in [5, 5.41) is 4.99. The minimum Gasteiger partial charge on any atom is -0.448 e. The molecule has 26 heavy (non-hydrogen) atoms. The van der Waals surface area contributed by atoms with E-state index < -0.39 is 0 Å². The minimum atomic E-state index is -0.390. The highest BCUT2D eigenvalue weighted by atomic mass is 16.5. The van der Waals surface area contributed by atoms with Crippen molar-refractivity contribution in [3.05, 3.63) is 42.5 Å². The first kappa shape index (κ1) is 18.7. The average molecular weight is 355 g/mol. The van der Waals surface area contributed by atoms with Crippen molar-refractivity contribution >= 4 is 22.6 Å². The summed E-state index contributed by atoms with van der Waals surface area (Å²) in [6, 6.07) is 14.4. The van der Waals surface area contributed by atoms with Gasteiger partial charge in [0.2, 0.25) is 0 Å². The third kappa shape index (κ3) is 4.74. The van der Waals surface area contributed by atoms with E-state index in [2.05, 4.69) is 29.0 Å². The third-order valence-electron chi connectivity index (χ3n) is 5.03. The van der Waals surface area contributed by atoms with Crippen molar-refractivity contribution in [3.63, 3.8) is 0 Å². The highest BCUT2D eigenvalue weighted by Gasteiger charge is 2.22. The number of hydrogen-bond acceptors (Lipinski definition) is 4. The topological polar surface area (TPSA) is 44.8 Å². The number of piperazine rings is 1. The molecule has 0 spiro atoms. The summed E-state index contributed by atoms with van der Waals surface area (Å²) in [4.78, 5) is 17.0. The fourth-order valence-electron chi connectivity index (χ4n) is 3.64. The lowest BCUT2D eigenvalue weighted by Gasteiger charge is -2.39. The quantitative estimate of drug-likeness (QED) is 0.856. The SMILES string of the molecule is CCCN1CCN(CCOC(=O)Nc2cccc3ccccc23)CC1C. The first-order chi connectivity index (χ1) is 12.7. The van der Waals surface area contributed by atoms with Gasteiger partial charge in [0, 0.05) is 37.6 Å². The zero-order valence-corrected chi connectivity index (χ0v) is 15.8. The van der Waals surface area contributed by atoms with Crippen LogP contribution in [0.2, 0.25) is 0 Å². The number of nitrogens with one attached hydrogen (secondary N) is 1. The second-order valence-electron chi connectivity index (χ2n) is 6.97. The van der Waals surface area contributed by atoms with Crippen LogP contribution in [0.4, 0.5) is 10.5 Å². The van der Waals surface area contributed by atoms with Gasteiger partial charge in [0.25, 0.3) is 0 Å². The summed E-state index contributed by atoms with van der Waals surface area (Å²) in [5.74, 6) is 0. The Morgan fingerprint density at radius 1 is 1.15 bits per heavy atom. The number of nitrogens with zero attached hydrogens (tertiary/aromatic N) is 2. The van der Waals surface area contributed by atoms with Gasteiger partial charge < -0.3 is 4.74 Å². The van der Waals surface area contributed by atoms with Crippen molar-refractivity contribution in [1.29, 1.82) is 0 Å². The maximum atomic E-state index is 12.1. The van der Waals surface area contributed by atoms with Crippen molar-refractivity contribution in [2.24, 2.45) is 0 Å². The number of fused-ring (bicyclic) bond motifs is 1. The molecule has 2 aromatic rings. The van der Waals surface area contributed by atoms with Crippen molar-refractivity contribution in [3.8, 4) is 0 Å². The summed E-state index contributed by atoms with van der Waals surface area (Å²) >= 11 is 0. The van der Waals surface area contributed by atoms with Crippen LogP contribution in [0, 0.1) is 0 Å². The van der Waals surface area contributed by atoms with Crippen LogP contribution >= 0.6 is 0 Å². The van der Waals surface area contributed by atoms with Crippen molar-refractivity contribution < 1.29 is 9.53 Å². The molecule has 140 valence electrons. The van der Waals surface area contributed by atoms with Crippen LogP contribution in [0.3, 0.4) is 0 Å². The van der Waals surface area contributed by atoms with E-state index in [0.717, 1.165) is 42.6 Å². The average Bonchev–Trinajstić information content (AvgIpc) is 2.64. The molecule has 0 radical (unpaired) electrons. The molecule has 1 saturated heterocycles. The zero-order chi connectivity index (χ0) is 18.4. The van der Waals surface area contributed by atoms with Gasteiger partial charge in [0.15, 0.2) is 0 Å². The van der Waals surface area contributed by atoms with E-state index in [-0.39, 0.29) is 6.09 Å². The highest BCUT2D eigenvalue weighted by Crippen LogP contribution is 2.23. The van der Waals surface area contributed by atoms with E-state index >= 15 is 0 Å². The van der Waals surface area contributed by atoms with Crippen molar-refractivity contribution in [1.82, 2.24) is 9.80 Å². The van der Waals surface area contributed by atoms with E-state index in [1.165, 1.54) is 13.0 Å². The van der Waals surface area contributed by atoms with Gasteiger partial charge in [-0.1, -0.05) is 43.3 Å². The van der Waals surface area contributed by atoms with E-state index in [0.29, 0.717) is 12.6 Å². The number of carbonyl (C=O) groups excluding carboxylic acids is 1. The molecule has 1 amide bonds. The molecular formula is C21H29N3O2. The first-order valence-corrected chi connectivity index (χ1v) is 9.55. The maximum absolute atomic E-state index is 12.1. The summed E-state index contributed by atoms with van der Waals surface area (Å²) in [5.41, 5.74) is 0.787. The van der Waals surface area contributed by atoms with Crippen molar-refractivity contribution in [2.45, 2.75) is 26.3 Å². The number of carbonyl (C=O) groups is 1. The monoisotopic (exact) mass is 355 g/mol. The lowest BCUT2D eigenvalue weighted by molar-refractivity contribution is 0.0671. The molecule has 3 rings (SSSR count). The van der Waals surface area contributed by atoms with Gasteiger partial charge in [-0.25, -0.2) is 4.79 Å². The molecule has 5 heteroatoms. The smallest absolute Gasteiger partial charge is 0.411 e. The minimum absolute atomic E-state index is 0.390. The molecule has 0 bridgehead atoms. The number of anilines is 1. The highest BCUT2D eigenvalue weighted by molar-refractivity contribution is 6.00. The predicted octanol–water partition coefficient (Wildman–Crippen LogP) is 3.80. The lowest BCUT2D eigenvalue weighted by atomic mass is 10.1. The molecule has 1 aliphatic rings. The predicted molar refractivity (Wildman–Crippen MR) is 107 cm³/mol. The molecule has 1 heterocycles. The number of rotatable bonds is 6. The van der Waals surface area contributed by atoms with E-state index in [9.17, 15) is 4.79 Å². The maximum Gasteiger partial charge on any atom is 0.411 e. The van der Waals surface area contributed by atoms with E-state index in [4.69, 9.17) is 4.74 Å². The fraction of sp³-hybridized carbons (Fsp3) is 0.476. The normalized spacial score (nSPS) is 18.8. The fourth-order valence-corrected chi connectivity index (χ4v) is 3.64. The number of hydrogen-bond donors (Lipinski definition) is 1. The molecule has 1 fully saturated rings. The Kier molecular flexibility index (Phi) is 6.47. The number of benzene rings is 2. The second kappa shape index (κ2) is 9.01. The van der Waals surface area contributed by atoms with Crippen LogP contribution in [-0.4, -0.2) is 61.3 Å². The van der Waals surface area contributed by atoms with Gasteiger partial charge >= 0.3 is 6.09 Å². The lowest BCUT2D eigenvalue weighted by Crippen LogP contribution is -2.52. The Balaban J connectivity index is 1.45. The molecule has 1 N–H and O–H groups in total. The second-order valence-corrected chi connectivity index (χ2v) is 6.97. The van der Waals surface area contributed by atoms with Gasteiger partial charge in [-0.15, -0.1) is 0 Å². The first-order valence-electron chi connectivity index (χ1n) is 9.55. The van der Waals surface area contributed by atoms with Crippen LogP contribution in [0.15, 0.2) is 42.5 Å². The summed E-state index contributed by atoms with van der Waals surface area (Å²) in [7, 11) is 0. The molecule has 1 aliphatic heterocycles. The molecule has 5 nitrogen and oxygen atoms in total. The Morgan fingerprint density at radius 3 is 2.77 bits per heavy atom. The van der Waals surface area contributed by atoms with Crippen LogP contribution in [0.5, 0.6) is 0 Å². The molecule has 2 aromatic carbocycles. The molecule has 1 unspecified atom stereocenters. The number of amides is 1. The molecule has 0 aliphatic carbocycles. The summed E-state index contributed by atoms with van der Waals surface area (Å²) in [6.45, 7) is 10.0. The molecule has 0 saturated carbocycles. The molecule has 1 atom stereocenters. The number of ether oxygens (including phenoxy) is 1. The standard InChI is InChI=1S/C21H29N3O2/c1-3-11-24-13-12-23(16-17(24)2)14-15-26-21(25)22-20-10-6-8-18-7-4-5-9-19(18)20/h4-10,17H,3,11-16H2,1-2H3,(H,22,25). The van der Waals surface area contributed by atoms with Crippen LogP contribution in [-0.2, 0) is 4.74 Å². The Labute approximate surface area is 155 Å². The van der Waals surface area contributed by atoms with Gasteiger partial charge in [0.05, 0.1) is 5.69 Å². The van der Waals surface area contributed by atoms with Crippen LogP contribution in [0.1, 0.15) is 20.3 Å². The summed E-state index contributed by atoms with van der Waals surface area (Å²) in [6.07, 6.45) is 0.806. The van der Waals surface area contributed by atoms with Gasteiger partial charge in [0.1, 0.15) is 6.61 Å². The van der Waals surface area contributed by atoms with Gasteiger partial charge in [-0.3, -0.25) is 15.1 Å². The Bertz CT molecular complexity index is 729. The van der Waals surface area contributed by atoms with Crippen LogP contribution in [0.25, 0.3) is 10.8 Å². The third-order valence-corrected chi connectivity index (χ3v) is 5.03. The largest absolute Gasteiger partial charge is 0.448 e.